The van der Waals surface area contributed by atoms with E-state index in [-0.39, 0.29) is 0 Å². The van der Waals surface area contributed by atoms with Crippen LogP contribution in [-0.4, -0.2) is 25.8 Å². The first-order valence-corrected chi connectivity index (χ1v) is 6.54. The van der Waals surface area contributed by atoms with E-state index in [4.69, 9.17) is 4.74 Å². The third kappa shape index (κ3) is 2.54. The Hall–Kier alpha value is -0.0800. The topological polar surface area (TPSA) is 21.3 Å². The molecule has 0 saturated carbocycles. The van der Waals surface area contributed by atoms with Crippen molar-refractivity contribution in [2.45, 2.75) is 52.0 Å². The first-order chi connectivity index (χ1) is 7.23. The minimum Gasteiger partial charge on any atom is -0.381 e. The van der Waals surface area contributed by atoms with Crippen LogP contribution in [0, 0.1) is 11.3 Å². The summed E-state index contributed by atoms with van der Waals surface area (Å²) in [6.45, 7) is 7.89. The Morgan fingerprint density at radius 1 is 1.33 bits per heavy atom. The van der Waals surface area contributed by atoms with Gasteiger partial charge in [-0.1, -0.05) is 13.8 Å². The van der Waals surface area contributed by atoms with Gasteiger partial charge in [0.2, 0.25) is 0 Å². The van der Waals surface area contributed by atoms with E-state index in [9.17, 15) is 0 Å². The Bertz CT molecular complexity index is 191. The van der Waals surface area contributed by atoms with Gasteiger partial charge in [-0.25, -0.2) is 0 Å². The van der Waals surface area contributed by atoms with Gasteiger partial charge in [-0.3, -0.25) is 0 Å². The fourth-order valence-corrected chi connectivity index (χ4v) is 3.49. The molecule has 0 aromatic rings. The normalized spacial score (nSPS) is 31.0. The van der Waals surface area contributed by atoms with Crippen molar-refractivity contribution in [2.24, 2.45) is 11.3 Å². The highest BCUT2D eigenvalue weighted by Crippen LogP contribution is 2.42. The molecule has 1 atom stereocenters. The van der Waals surface area contributed by atoms with Crippen LogP contribution in [0.5, 0.6) is 0 Å². The second-order valence-corrected chi connectivity index (χ2v) is 5.72. The van der Waals surface area contributed by atoms with Crippen LogP contribution in [0.1, 0.15) is 46.0 Å². The summed E-state index contributed by atoms with van der Waals surface area (Å²) >= 11 is 0. The molecule has 2 saturated heterocycles. The van der Waals surface area contributed by atoms with Gasteiger partial charge in [0.15, 0.2) is 0 Å². The quantitative estimate of drug-likeness (QED) is 0.774. The average Bonchev–Trinajstić information content (AvgIpc) is 2.71. The lowest BCUT2D eigenvalue weighted by Gasteiger charge is -2.43. The third-order valence-electron chi connectivity index (χ3n) is 4.10. The van der Waals surface area contributed by atoms with Crippen LogP contribution in [0.3, 0.4) is 0 Å². The number of ether oxygens (including phenoxy) is 1. The molecule has 2 fully saturated rings. The van der Waals surface area contributed by atoms with Crippen molar-refractivity contribution in [3.63, 3.8) is 0 Å². The van der Waals surface area contributed by atoms with Crippen LogP contribution < -0.4 is 5.32 Å². The molecular weight excluding hydrogens is 186 g/mol. The van der Waals surface area contributed by atoms with Crippen molar-refractivity contribution < 1.29 is 4.74 Å². The van der Waals surface area contributed by atoms with Gasteiger partial charge >= 0.3 is 0 Å². The van der Waals surface area contributed by atoms with Gasteiger partial charge in [-0.2, -0.15) is 0 Å². The number of rotatable bonds is 3. The van der Waals surface area contributed by atoms with Crippen molar-refractivity contribution in [3.05, 3.63) is 0 Å². The second-order valence-electron chi connectivity index (χ2n) is 5.72. The summed E-state index contributed by atoms with van der Waals surface area (Å²) in [5.41, 5.74) is 0.545. The minimum atomic E-state index is 0.545. The van der Waals surface area contributed by atoms with Crippen LogP contribution in [0.2, 0.25) is 0 Å². The summed E-state index contributed by atoms with van der Waals surface area (Å²) in [6.07, 6.45) is 6.65. The van der Waals surface area contributed by atoms with E-state index in [1.54, 1.807) is 0 Å². The molecule has 2 nitrogen and oxygen atoms in total. The fourth-order valence-electron chi connectivity index (χ4n) is 3.49. The van der Waals surface area contributed by atoms with E-state index in [0.29, 0.717) is 5.41 Å². The van der Waals surface area contributed by atoms with E-state index in [2.05, 4.69) is 19.2 Å². The van der Waals surface area contributed by atoms with Crippen LogP contribution >= 0.6 is 0 Å². The lowest BCUT2D eigenvalue weighted by atomic mass is 9.68. The van der Waals surface area contributed by atoms with Crippen LogP contribution in [0.15, 0.2) is 0 Å². The van der Waals surface area contributed by atoms with E-state index in [1.165, 1.54) is 38.6 Å². The summed E-state index contributed by atoms with van der Waals surface area (Å²) < 4.78 is 5.54. The van der Waals surface area contributed by atoms with Crippen molar-refractivity contribution >= 4 is 0 Å². The highest BCUT2D eigenvalue weighted by Gasteiger charge is 2.41. The maximum Gasteiger partial charge on any atom is 0.0471 e. The van der Waals surface area contributed by atoms with E-state index in [0.717, 1.165) is 25.2 Å². The van der Waals surface area contributed by atoms with Gasteiger partial charge in [-0.05, 0) is 50.0 Å². The molecule has 0 aromatic carbocycles. The summed E-state index contributed by atoms with van der Waals surface area (Å²) in [6, 6.07) is 0.767. The van der Waals surface area contributed by atoms with Gasteiger partial charge in [0.1, 0.15) is 0 Å². The lowest BCUT2D eigenvalue weighted by molar-refractivity contribution is -0.0141. The average molecular weight is 211 g/mol. The van der Waals surface area contributed by atoms with E-state index >= 15 is 0 Å². The Kier molecular flexibility index (Phi) is 3.68. The molecule has 2 aliphatic heterocycles. The van der Waals surface area contributed by atoms with Gasteiger partial charge in [0, 0.05) is 19.3 Å². The molecule has 2 aliphatic rings. The molecule has 0 aromatic heterocycles. The molecule has 2 heterocycles. The highest BCUT2D eigenvalue weighted by molar-refractivity contribution is 4.95. The van der Waals surface area contributed by atoms with Gasteiger partial charge < -0.3 is 10.1 Å². The number of hydrogen-bond donors (Lipinski definition) is 1. The molecule has 0 spiro atoms. The maximum atomic E-state index is 5.54. The largest absolute Gasteiger partial charge is 0.381 e. The molecule has 1 N–H and O–H groups in total. The molecule has 1 unspecified atom stereocenters. The zero-order chi connectivity index (χ0) is 10.7. The Morgan fingerprint density at radius 2 is 2.07 bits per heavy atom. The van der Waals surface area contributed by atoms with E-state index < -0.39 is 0 Å². The molecule has 0 amide bonds. The lowest BCUT2D eigenvalue weighted by Crippen LogP contribution is -2.46. The second kappa shape index (κ2) is 4.84. The molecule has 2 heteroatoms. The minimum absolute atomic E-state index is 0.545. The molecule has 0 bridgehead atoms. The van der Waals surface area contributed by atoms with Crippen molar-refractivity contribution in [2.75, 3.05) is 19.8 Å². The Labute approximate surface area is 93.8 Å². The summed E-state index contributed by atoms with van der Waals surface area (Å²) in [5, 5.41) is 3.72. The molecule has 88 valence electrons. The van der Waals surface area contributed by atoms with Crippen LogP contribution in [0.4, 0.5) is 0 Å². The first kappa shape index (κ1) is 11.4. The summed E-state index contributed by atoms with van der Waals surface area (Å²) in [5.74, 6) is 0.811. The van der Waals surface area contributed by atoms with Crippen LogP contribution in [0.25, 0.3) is 0 Å². The summed E-state index contributed by atoms with van der Waals surface area (Å²) in [7, 11) is 0. The van der Waals surface area contributed by atoms with Gasteiger partial charge in [0.25, 0.3) is 0 Å². The molecule has 2 rings (SSSR count). The Morgan fingerprint density at radius 3 is 2.60 bits per heavy atom. The molecule has 0 aliphatic carbocycles. The predicted molar refractivity (Wildman–Crippen MR) is 63.0 cm³/mol. The van der Waals surface area contributed by atoms with E-state index in [1.807, 2.05) is 0 Å². The Balaban J connectivity index is 2.05. The predicted octanol–water partition coefficient (Wildman–Crippen LogP) is 2.58. The zero-order valence-electron chi connectivity index (χ0n) is 10.2. The standard InChI is InChI=1S/C13H25NO/c1-11(2)10-13(5-8-15-9-6-13)12-4-3-7-14-12/h11-12,14H,3-10H2,1-2H3. The van der Waals surface area contributed by atoms with Gasteiger partial charge in [-0.15, -0.1) is 0 Å². The number of hydrogen-bond acceptors (Lipinski definition) is 2. The monoisotopic (exact) mass is 211 g/mol. The van der Waals surface area contributed by atoms with Crippen LogP contribution in [-0.2, 0) is 4.74 Å². The van der Waals surface area contributed by atoms with Gasteiger partial charge in [0.05, 0.1) is 0 Å². The maximum absolute atomic E-state index is 5.54. The molecular formula is C13H25NO. The van der Waals surface area contributed by atoms with Crippen molar-refractivity contribution in [3.8, 4) is 0 Å². The van der Waals surface area contributed by atoms with Crippen molar-refractivity contribution in [1.82, 2.24) is 5.32 Å². The number of nitrogens with one attached hydrogen (secondary N) is 1. The zero-order valence-corrected chi connectivity index (χ0v) is 10.2. The first-order valence-electron chi connectivity index (χ1n) is 6.54. The SMILES string of the molecule is CC(C)CC1(C2CCCN2)CCOCC1. The molecule has 0 radical (unpaired) electrons. The summed E-state index contributed by atoms with van der Waals surface area (Å²) in [4.78, 5) is 0. The highest BCUT2D eigenvalue weighted by atomic mass is 16.5. The molecule has 15 heavy (non-hydrogen) atoms. The van der Waals surface area contributed by atoms with Crippen molar-refractivity contribution in [1.29, 1.82) is 0 Å². The fraction of sp³-hybridized carbons (Fsp3) is 1.00. The third-order valence-corrected chi connectivity index (χ3v) is 4.10. The smallest absolute Gasteiger partial charge is 0.0471 e.